The summed E-state index contributed by atoms with van der Waals surface area (Å²) in [6.45, 7) is 2.10. The second-order valence-electron chi connectivity index (χ2n) is 6.59. The van der Waals surface area contributed by atoms with E-state index >= 15 is 0 Å². The van der Waals surface area contributed by atoms with E-state index in [9.17, 15) is 5.11 Å². The van der Waals surface area contributed by atoms with Gasteiger partial charge in [-0.1, -0.05) is 43.2 Å². The van der Waals surface area contributed by atoms with Crippen molar-refractivity contribution in [3.05, 3.63) is 42.0 Å². The van der Waals surface area contributed by atoms with Crippen LogP contribution in [0.2, 0.25) is 0 Å². The van der Waals surface area contributed by atoms with E-state index in [2.05, 4.69) is 41.7 Å². The molecule has 0 heterocycles. The number of aliphatic hydroxyl groups is 1. The number of aliphatic hydroxyl groups excluding tert-OH is 1. The largest absolute Gasteiger partial charge is 0.496 e. The number of fused-ring (bicyclic) bond motifs is 1. The molecule has 0 saturated heterocycles. The van der Waals surface area contributed by atoms with Crippen molar-refractivity contribution >= 4 is 10.8 Å². The summed E-state index contributed by atoms with van der Waals surface area (Å²) in [5.41, 5.74) is 1.22. The zero-order valence-corrected chi connectivity index (χ0v) is 13.9. The van der Waals surface area contributed by atoms with Gasteiger partial charge >= 0.3 is 0 Å². The minimum absolute atomic E-state index is 0.323. The molecule has 1 fully saturated rings. The Labute approximate surface area is 138 Å². The summed E-state index contributed by atoms with van der Waals surface area (Å²) in [4.78, 5) is 0. The number of hydrogen-bond acceptors (Lipinski definition) is 3. The zero-order chi connectivity index (χ0) is 16.1. The highest BCUT2D eigenvalue weighted by Gasteiger charge is 2.24. The third kappa shape index (κ3) is 3.67. The van der Waals surface area contributed by atoms with E-state index < -0.39 is 0 Å². The Balaban J connectivity index is 1.71. The lowest BCUT2D eigenvalue weighted by Crippen LogP contribution is -2.32. The molecule has 23 heavy (non-hydrogen) atoms. The van der Waals surface area contributed by atoms with Gasteiger partial charge in [0.25, 0.3) is 0 Å². The van der Waals surface area contributed by atoms with E-state index in [0.29, 0.717) is 18.4 Å². The van der Waals surface area contributed by atoms with Crippen molar-refractivity contribution in [2.24, 2.45) is 11.8 Å². The highest BCUT2D eigenvalue weighted by molar-refractivity contribution is 5.87. The lowest BCUT2D eigenvalue weighted by molar-refractivity contribution is 0.133. The molecule has 124 valence electrons. The van der Waals surface area contributed by atoms with Crippen LogP contribution >= 0.6 is 0 Å². The molecule has 1 aliphatic carbocycles. The third-order valence-electron chi connectivity index (χ3n) is 5.23. The van der Waals surface area contributed by atoms with Crippen LogP contribution in [0, 0.1) is 11.8 Å². The molecule has 0 spiro atoms. The molecule has 3 rings (SSSR count). The number of benzene rings is 2. The molecule has 2 unspecified atom stereocenters. The van der Waals surface area contributed by atoms with E-state index in [0.717, 1.165) is 18.8 Å². The van der Waals surface area contributed by atoms with E-state index in [4.69, 9.17) is 4.74 Å². The van der Waals surface area contributed by atoms with Crippen LogP contribution in [0.3, 0.4) is 0 Å². The highest BCUT2D eigenvalue weighted by Crippen LogP contribution is 2.30. The Morgan fingerprint density at radius 3 is 2.65 bits per heavy atom. The molecule has 0 radical (unpaired) electrons. The van der Waals surface area contributed by atoms with Crippen LogP contribution in [0.25, 0.3) is 10.8 Å². The predicted molar refractivity (Wildman–Crippen MR) is 94.7 cm³/mol. The number of rotatable bonds is 6. The van der Waals surface area contributed by atoms with Crippen molar-refractivity contribution in [3.63, 3.8) is 0 Å². The van der Waals surface area contributed by atoms with E-state index in [1.807, 2.05) is 0 Å². The smallest absolute Gasteiger partial charge is 0.123 e. The first-order valence-electron chi connectivity index (χ1n) is 8.69. The first-order chi connectivity index (χ1) is 11.3. The van der Waals surface area contributed by atoms with Crippen molar-refractivity contribution in [1.82, 2.24) is 5.32 Å². The molecular formula is C20H27NO2. The van der Waals surface area contributed by atoms with Crippen LogP contribution in [0.1, 0.15) is 31.2 Å². The summed E-state index contributed by atoms with van der Waals surface area (Å²) in [6.07, 6.45) is 4.95. The van der Waals surface area contributed by atoms with Crippen molar-refractivity contribution < 1.29 is 9.84 Å². The molecule has 1 saturated carbocycles. The lowest BCUT2D eigenvalue weighted by atomic mass is 9.79. The van der Waals surface area contributed by atoms with Crippen molar-refractivity contribution in [2.75, 3.05) is 20.3 Å². The monoisotopic (exact) mass is 313 g/mol. The van der Waals surface area contributed by atoms with Gasteiger partial charge in [-0.2, -0.15) is 0 Å². The Morgan fingerprint density at radius 1 is 1.09 bits per heavy atom. The number of nitrogens with one attached hydrogen (secondary N) is 1. The fraction of sp³-hybridized carbons (Fsp3) is 0.500. The molecular weight excluding hydrogens is 286 g/mol. The first-order valence-corrected chi connectivity index (χ1v) is 8.69. The fourth-order valence-electron chi connectivity index (χ4n) is 3.87. The van der Waals surface area contributed by atoms with Gasteiger partial charge in [-0.05, 0) is 48.1 Å². The van der Waals surface area contributed by atoms with Gasteiger partial charge in [-0.25, -0.2) is 0 Å². The van der Waals surface area contributed by atoms with Crippen molar-refractivity contribution in [1.29, 1.82) is 0 Å². The van der Waals surface area contributed by atoms with Crippen molar-refractivity contribution in [3.8, 4) is 5.75 Å². The van der Waals surface area contributed by atoms with Gasteiger partial charge in [0.05, 0.1) is 7.11 Å². The zero-order valence-electron chi connectivity index (χ0n) is 13.9. The topological polar surface area (TPSA) is 41.5 Å². The summed E-state index contributed by atoms with van der Waals surface area (Å²) < 4.78 is 5.56. The maximum absolute atomic E-state index is 9.55. The van der Waals surface area contributed by atoms with Crippen LogP contribution in [0.15, 0.2) is 36.4 Å². The van der Waals surface area contributed by atoms with Gasteiger partial charge in [-0.15, -0.1) is 0 Å². The molecule has 3 heteroatoms. The molecule has 2 atom stereocenters. The number of hydrogen-bond donors (Lipinski definition) is 2. The summed E-state index contributed by atoms with van der Waals surface area (Å²) in [6, 6.07) is 12.6. The summed E-state index contributed by atoms with van der Waals surface area (Å²) >= 11 is 0. The molecule has 0 bridgehead atoms. The highest BCUT2D eigenvalue weighted by atomic mass is 16.5. The minimum atomic E-state index is 0.323. The van der Waals surface area contributed by atoms with E-state index in [-0.39, 0.29) is 0 Å². The molecule has 2 N–H and O–H groups in total. The molecule has 0 amide bonds. The Hall–Kier alpha value is -1.58. The summed E-state index contributed by atoms with van der Waals surface area (Å²) in [5.74, 6) is 2.00. The lowest BCUT2D eigenvalue weighted by Gasteiger charge is -2.30. The van der Waals surface area contributed by atoms with Gasteiger partial charge in [0.2, 0.25) is 0 Å². The maximum atomic E-state index is 9.55. The number of methoxy groups -OCH3 is 1. The quantitative estimate of drug-likeness (QED) is 0.853. The van der Waals surface area contributed by atoms with Gasteiger partial charge in [0.15, 0.2) is 0 Å². The van der Waals surface area contributed by atoms with Crippen LogP contribution in [0.4, 0.5) is 0 Å². The third-order valence-corrected chi connectivity index (χ3v) is 5.23. The standard InChI is InChI=1S/C20H27NO2/c1-23-20-11-10-15-6-4-5-9-18(15)19(20)13-21-12-16-7-2-3-8-17(16)14-22/h4-6,9-11,16-17,21-22H,2-3,7-8,12-14H2,1H3. The Kier molecular flexibility index (Phi) is 5.52. The van der Waals surface area contributed by atoms with Gasteiger partial charge in [-0.3, -0.25) is 0 Å². The normalized spacial score (nSPS) is 21.5. The molecule has 0 aliphatic heterocycles. The first kappa shape index (κ1) is 16.3. The Bertz CT molecular complexity index is 641. The average molecular weight is 313 g/mol. The second kappa shape index (κ2) is 7.80. The molecule has 0 aromatic heterocycles. The second-order valence-corrected chi connectivity index (χ2v) is 6.59. The van der Waals surface area contributed by atoms with Crippen LogP contribution in [-0.2, 0) is 6.54 Å². The van der Waals surface area contributed by atoms with Crippen molar-refractivity contribution in [2.45, 2.75) is 32.2 Å². The fourth-order valence-corrected chi connectivity index (χ4v) is 3.87. The van der Waals surface area contributed by atoms with E-state index in [1.165, 1.54) is 42.0 Å². The molecule has 1 aliphatic rings. The number of ether oxygens (including phenoxy) is 1. The van der Waals surface area contributed by atoms with Gasteiger partial charge < -0.3 is 15.2 Å². The van der Waals surface area contributed by atoms with Crippen LogP contribution < -0.4 is 10.1 Å². The van der Waals surface area contributed by atoms with Gasteiger partial charge in [0, 0.05) is 18.7 Å². The predicted octanol–water partition coefficient (Wildman–Crippen LogP) is 3.74. The SMILES string of the molecule is COc1ccc2ccccc2c1CNCC1CCCCC1CO. The van der Waals surface area contributed by atoms with Crippen LogP contribution in [-0.4, -0.2) is 25.4 Å². The van der Waals surface area contributed by atoms with E-state index in [1.54, 1.807) is 7.11 Å². The molecule has 3 nitrogen and oxygen atoms in total. The summed E-state index contributed by atoms with van der Waals surface area (Å²) in [5, 5.41) is 15.7. The minimum Gasteiger partial charge on any atom is -0.496 e. The maximum Gasteiger partial charge on any atom is 0.123 e. The Morgan fingerprint density at radius 2 is 1.87 bits per heavy atom. The molecule has 2 aromatic carbocycles. The van der Waals surface area contributed by atoms with Gasteiger partial charge in [0.1, 0.15) is 5.75 Å². The average Bonchev–Trinajstić information content (AvgIpc) is 2.62. The molecule has 2 aromatic rings. The van der Waals surface area contributed by atoms with Crippen LogP contribution in [0.5, 0.6) is 5.75 Å². The summed E-state index contributed by atoms with van der Waals surface area (Å²) in [7, 11) is 1.73.